The number of para-hydroxylation sites is 1. The van der Waals surface area contributed by atoms with Crippen molar-refractivity contribution in [3.05, 3.63) is 87.9 Å². The van der Waals surface area contributed by atoms with E-state index >= 15 is 0 Å². The van der Waals surface area contributed by atoms with Crippen LogP contribution in [0.4, 0.5) is 0 Å². The summed E-state index contributed by atoms with van der Waals surface area (Å²) in [5.41, 5.74) is 5.05. The topological polar surface area (TPSA) is 63.6 Å². The number of rotatable bonds is 8. The van der Waals surface area contributed by atoms with Crippen LogP contribution in [-0.4, -0.2) is 22.9 Å². The Morgan fingerprint density at radius 2 is 1.81 bits per heavy atom. The van der Waals surface area contributed by atoms with Gasteiger partial charge in [-0.15, -0.1) is 11.3 Å². The second kappa shape index (κ2) is 10.8. The van der Waals surface area contributed by atoms with E-state index in [-0.39, 0.29) is 18.3 Å². The van der Waals surface area contributed by atoms with Crippen LogP contribution >= 0.6 is 46.3 Å². The van der Waals surface area contributed by atoms with E-state index in [4.69, 9.17) is 27.9 Å². The highest BCUT2D eigenvalue weighted by atomic mass is 35.5. The number of benzene rings is 3. The molecule has 0 unspecified atom stereocenters. The van der Waals surface area contributed by atoms with Crippen molar-refractivity contribution < 1.29 is 9.53 Å². The van der Waals surface area contributed by atoms with E-state index in [1.165, 1.54) is 11.8 Å². The molecule has 1 aromatic heterocycles. The van der Waals surface area contributed by atoms with Gasteiger partial charge in [0.25, 0.3) is 5.91 Å². The van der Waals surface area contributed by atoms with Crippen LogP contribution in [0.15, 0.2) is 76.2 Å². The molecule has 4 rings (SSSR count). The van der Waals surface area contributed by atoms with E-state index in [2.05, 4.69) is 15.5 Å². The SMILES string of the molecule is O=C(CSc1nc2ccccc2s1)N/N=C/c1ccc(OCc2c(Cl)cccc2Cl)cc1. The average Bonchev–Trinajstić information content (AvgIpc) is 3.21. The third-order valence-corrected chi connectivity index (χ3v) is 7.22. The third-order valence-electron chi connectivity index (χ3n) is 4.33. The van der Waals surface area contributed by atoms with Crippen molar-refractivity contribution in [3.8, 4) is 5.75 Å². The lowest BCUT2D eigenvalue weighted by Crippen LogP contribution is -2.19. The highest BCUT2D eigenvalue weighted by Gasteiger charge is 2.08. The van der Waals surface area contributed by atoms with Crippen molar-refractivity contribution in [2.45, 2.75) is 10.9 Å². The minimum atomic E-state index is -0.193. The van der Waals surface area contributed by atoms with Crippen LogP contribution in [0.3, 0.4) is 0 Å². The Bertz CT molecular complexity index is 1210. The first-order valence-electron chi connectivity index (χ1n) is 9.54. The van der Waals surface area contributed by atoms with Gasteiger partial charge in [-0.2, -0.15) is 5.10 Å². The molecule has 0 aliphatic rings. The number of thiazole rings is 1. The number of carbonyl (C=O) groups excluding carboxylic acids is 1. The molecule has 0 saturated carbocycles. The monoisotopic (exact) mass is 501 g/mol. The minimum Gasteiger partial charge on any atom is -0.489 e. The summed E-state index contributed by atoms with van der Waals surface area (Å²) >= 11 is 15.3. The Labute approximate surface area is 203 Å². The van der Waals surface area contributed by atoms with Gasteiger partial charge in [-0.3, -0.25) is 4.79 Å². The van der Waals surface area contributed by atoms with E-state index in [0.717, 1.165) is 25.7 Å². The predicted octanol–water partition coefficient (Wildman–Crippen LogP) is 6.42. The smallest absolute Gasteiger partial charge is 0.250 e. The molecular weight excluding hydrogens is 485 g/mol. The van der Waals surface area contributed by atoms with Gasteiger partial charge in [-0.25, -0.2) is 10.4 Å². The number of nitrogens with zero attached hydrogens (tertiary/aromatic N) is 2. The number of nitrogens with one attached hydrogen (secondary N) is 1. The lowest BCUT2D eigenvalue weighted by atomic mass is 10.2. The summed E-state index contributed by atoms with van der Waals surface area (Å²) in [6.45, 7) is 0.272. The zero-order chi connectivity index (χ0) is 22.3. The average molecular weight is 502 g/mol. The number of ether oxygens (including phenoxy) is 1. The van der Waals surface area contributed by atoms with Crippen LogP contribution in [0.1, 0.15) is 11.1 Å². The number of hydrogen-bond acceptors (Lipinski definition) is 6. The summed E-state index contributed by atoms with van der Waals surface area (Å²) in [6, 6.07) is 20.6. The van der Waals surface area contributed by atoms with Gasteiger partial charge in [-0.1, -0.05) is 53.2 Å². The number of amides is 1. The molecule has 0 atom stereocenters. The number of fused-ring (bicyclic) bond motifs is 1. The number of thioether (sulfide) groups is 1. The molecule has 0 saturated heterocycles. The Hall–Kier alpha value is -2.58. The number of hydrogen-bond donors (Lipinski definition) is 1. The normalized spacial score (nSPS) is 11.2. The largest absolute Gasteiger partial charge is 0.489 e. The van der Waals surface area contributed by atoms with Crippen molar-refractivity contribution in [3.63, 3.8) is 0 Å². The van der Waals surface area contributed by atoms with Crippen LogP contribution in [0.5, 0.6) is 5.75 Å². The fraction of sp³-hybridized carbons (Fsp3) is 0.0870. The van der Waals surface area contributed by atoms with Crippen LogP contribution in [0.25, 0.3) is 10.2 Å². The maximum Gasteiger partial charge on any atom is 0.250 e. The Morgan fingerprint density at radius 3 is 2.56 bits per heavy atom. The van der Waals surface area contributed by atoms with E-state index in [0.29, 0.717) is 15.8 Å². The lowest BCUT2D eigenvalue weighted by molar-refractivity contribution is -0.118. The lowest BCUT2D eigenvalue weighted by Gasteiger charge is -2.09. The number of halogens is 2. The zero-order valence-electron chi connectivity index (χ0n) is 16.6. The first-order chi connectivity index (χ1) is 15.6. The molecule has 32 heavy (non-hydrogen) atoms. The van der Waals surface area contributed by atoms with Crippen LogP contribution < -0.4 is 10.2 Å². The molecule has 162 valence electrons. The molecular formula is C23H17Cl2N3O2S2. The molecule has 3 aromatic carbocycles. The van der Waals surface area contributed by atoms with Crippen molar-refractivity contribution in [2.75, 3.05) is 5.75 Å². The van der Waals surface area contributed by atoms with Crippen LogP contribution in [0, 0.1) is 0 Å². The van der Waals surface area contributed by atoms with Gasteiger partial charge in [0.2, 0.25) is 0 Å². The Kier molecular flexibility index (Phi) is 7.65. The Balaban J connectivity index is 1.24. The maximum atomic E-state index is 12.0. The van der Waals surface area contributed by atoms with Crippen LogP contribution in [-0.2, 0) is 11.4 Å². The van der Waals surface area contributed by atoms with Crippen molar-refractivity contribution in [1.29, 1.82) is 0 Å². The summed E-state index contributed by atoms with van der Waals surface area (Å²) in [7, 11) is 0. The molecule has 1 amide bonds. The molecule has 0 aliphatic carbocycles. The first-order valence-corrected chi connectivity index (χ1v) is 12.1. The van der Waals surface area contributed by atoms with Gasteiger partial charge in [0.05, 0.1) is 22.2 Å². The maximum absolute atomic E-state index is 12.0. The van der Waals surface area contributed by atoms with Crippen molar-refractivity contribution in [1.82, 2.24) is 10.4 Å². The van der Waals surface area contributed by atoms with E-state index < -0.39 is 0 Å². The molecule has 5 nitrogen and oxygen atoms in total. The van der Waals surface area contributed by atoms with Gasteiger partial charge in [-0.05, 0) is 54.1 Å². The predicted molar refractivity (Wildman–Crippen MR) is 133 cm³/mol. The summed E-state index contributed by atoms with van der Waals surface area (Å²) in [6.07, 6.45) is 1.58. The van der Waals surface area contributed by atoms with E-state index in [1.807, 2.05) is 48.5 Å². The van der Waals surface area contributed by atoms with Gasteiger partial charge in [0.1, 0.15) is 12.4 Å². The molecule has 1 N–H and O–H groups in total. The second-order valence-electron chi connectivity index (χ2n) is 6.59. The summed E-state index contributed by atoms with van der Waals surface area (Å²) in [5.74, 6) is 0.727. The molecule has 4 aromatic rings. The molecule has 1 heterocycles. The minimum absolute atomic E-state index is 0.193. The zero-order valence-corrected chi connectivity index (χ0v) is 19.8. The third kappa shape index (κ3) is 6.01. The first kappa shape index (κ1) is 22.6. The summed E-state index contributed by atoms with van der Waals surface area (Å²) in [4.78, 5) is 16.5. The van der Waals surface area contributed by atoms with Crippen molar-refractivity contribution in [2.24, 2.45) is 5.10 Å². The number of aromatic nitrogens is 1. The molecule has 0 spiro atoms. The standard InChI is InChI=1S/C23H17Cl2N3O2S2/c24-18-4-3-5-19(25)17(18)13-30-16-10-8-15(9-11-16)12-26-28-22(29)14-31-23-27-20-6-1-2-7-21(20)32-23/h1-12H,13-14H2,(H,28,29)/b26-12+. The van der Waals surface area contributed by atoms with Gasteiger partial charge in [0.15, 0.2) is 4.34 Å². The Morgan fingerprint density at radius 1 is 1.06 bits per heavy atom. The highest BCUT2D eigenvalue weighted by molar-refractivity contribution is 8.01. The van der Waals surface area contributed by atoms with Gasteiger partial charge >= 0.3 is 0 Å². The van der Waals surface area contributed by atoms with Gasteiger partial charge < -0.3 is 4.74 Å². The van der Waals surface area contributed by atoms with E-state index in [1.54, 1.807) is 35.8 Å². The molecule has 9 heteroatoms. The fourth-order valence-corrected chi connectivity index (χ4v) is 5.09. The van der Waals surface area contributed by atoms with E-state index in [9.17, 15) is 4.79 Å². The highest BCUT2D eigenvalue weighted by Crippen LogP contribution is 2.29. The van der Waals surface area contributed by atoms with Gasteiger partial charge in [0, 0.05) is 15.6 Å². The quantitative estimate of drug-likeness (QED) is 0.172. The number of carbonyl (C=O) groups is 1. The summed E-state index contributed by atoms with van der Waals surface area (Å²) < 4.78 is 7.72. The molecule has 0 fully saturated rings. The fourth-order valence-electron chi connectivity index (χ4n) is 2.73. The molecule has 0 radical (unpaired) electrons. The number of hydrazone groups is 1. The van der Waals surface area contributed by atoms with Crippen molar-refractivity contribution >= 4 is 68.6 Å². The summed E-state index contributed by atoms with van der Waals surface area (Å²) in [5, 5.41) is 5.15. The van der Waals surface area contributed by atoms with Crippen LogP contribution in [0.2, 0.25) is 10.0 Å². The molecule has 0 aliphatic heterocycles. The molecule has 0 bridgehead atoms. The second-order valence-corrected chi connectivity index (χ2v) is 9.65.